The van der Waals surface area contributed by atoms with Crippen molar-refractivity contribution in [2.24, 2.45) is 0 Å². The number of hydrogen-bond donors (Lipinski definition) is 2. The van der Waals surface area contributed by atoms with Crippen molar-refractivity contribution in [3.05, 3.63) is 59.8 Å². The molecule has 2 unspecified atom stereocenters. The molecule has 11 heteroatoms. The van der Waals surface area contributed by atoms with Crippen LogP contribution in [0.3, 0.4) is 0 Å². The number of aromatic nitrogens is 2. The van der Waals surface area contributed by atoms with Gasteiger partial charge in [0.1, 0.15) is 5.82 Å². The van der Waals surface area contributed by atoms with Crippen LogP contribution >= 0.6 is 0 Å². The summed E-state index contributed by atoms with van der Waals surface area (Å²) >= 11 is 0. The van der Waals surface area contributed by atoms with Gasteiger partial charge in [-0.15, -0.1) is 0 Å². The quantitative estimate of drug-likeness (QED) is 0.531. The maximum Gasteiger partial charge on any atom is 0.410 e. The van der Waals surface area contributed by atoms with Crippen molar-refractivity contribution in [2.45, 2.75) is 24.7 Å². The minimum absolute atomic E-state index is 0.109. The monoisotopic (exact) mass is 476 g/mol. The third-order valence-electron chi connectivity index (χ3n) is 5.55. The maximum atomic E-state index is 13.9. The van der Waals surface area contributed by atoms with Crippen molar-refractivity contribution in [3.63, 3.8) is 0 Å². The summed E-state index contributed by atoms with van der Waals surface area (Å²) in [6.45, 7) is 0. The average Bonchev–Trinajstić information content (AvgIpc) is 3.27. The van der Waals surface area contributed by atoms with E-state index in [0.717, 1.165) is 4.68 Å². The molecule has 2 N–H and O–H groups in total. The highest BCUT2D eigenvalue weighted by Gasteiger charge is 2.46. The Kier molecular flexibility index (Phi) is 6.27. The van der Waals surface area contributed by atoms with E-state index in [-0.39, 0.29) is 17.9 Å². The molecule has 0 saturated heterocycles. The lowest BCUT2D eigenvalue weighted by Gasteiger charge is -2.33. The molecule has 2 aromatic carbocycles. The smallest absolute Gasteiger partial charge is 0.410 e. The molecule has 0 fully saturated rings. The van der Waals surface area contributed by atoms with Crippen LogP contribution in [-0.2, 0) is 0 Å². The summed E-state index contributed by atoms with van der Waals surface area (Å²) in [7, 11) is 4.30. The Hall–Kier alpha value is -3.89. The van der Waals surface area contributed by atoms with Crippen molar-refractivity contribution < 1.29 is 32.2 Å². The second-order valence-corrected chi connectivity index (χ2v) is 7.63. The molecule has 1 amide bonds. The number of amides is 1. The van der Waals surface area contributed by atoms with Crippen LogP contribution in [0.25, 0.3) is 0 Å². The Bertz CT molecular complexity index is 1160. The first kappa shape index (κ1) is 23.3. The summed E-state index contributed by atoms with van der Waals surface area (Å²) in [4.78, 5) is 12.9. The number of benzene rings is 2. The number of ether oxygens (including phenoxy) is 3. The number of methoxy groups -OCH3 is 3. The third-order valence-corrected chi connectivity index (χ3v) is 5.55. The molecule has 0 saturated carbocycles. The molecular formula is C23H23F3N4O4. The molecule has 8 nitrogen and oxygen atoms in total. The van der Waals surface area contributed by atoms with E-state index in [9.17, 15) is 18.0 Å². The molecule has 2 heterocycles. The molecule has 3 aromatic rings. The van der Waals surface area contributed by atoms with E-state index >= 15 is 0 Å². The molecule has 1 aliphatic heterocycles. The first-order valence-corrected chi connectivity index (χ1v) is 10.3. The minimum atomic E-state index is -4.54. The molecular weight excluding hydrogens is 453 g/mol. The molecule has 0 spiro atoms. The highest BCUT2D eigenvalue weighted by Crippen LogP contribution is 2.44. The maximum absolute atomic E-state index is 13.9. The molecule has 2 atom stereocenters. The van der Waals surface area contributed by atoms with E-state index < -0.39 is 24.2 Å². The second-order valence-electron chi connectivity index (χ2n) is 7.63. The van der Waals surface area contributed by atoms with Crippen LogP contribution < -0.4 is 24.8 Å². The molecule has 1 aromatic heterocycles. The van der Waals surface area contributed by atoms with E-state index in [1.54, 1.807) is 30.3 Å². The van der Waals surface area contributed by atoms with Gasteiger partial charge in [-0.3, -0.25) is 4.79 Å². The summed E-state index contributed by atoms with van der Waals surface area (Å²) in [5, 5.41) is 9.67. The number of nitrogens with one attached hydrogen (secondary N) is 2. The molecule has 34 heavy (non-hydrogen) atoms. The Balaban J connectivity index is 1.64. The molecule has 0 radical (unpaired) electrons. The van der Waals surface area contributed by atoms with Crippen LogP contribution in [0.15, 0.2) is 48.5 Å². The van der Waals surface area contributed by atoms with Crippen molar-refractivity contribution in [1.29, 1.82) is 0 Å². The average molecular weight is 476 g/mol. The van der Waals surface area contributed by atoms with Crippen molar-refractivity contribution in [1.82, 2.24) is 9.78 Å². The van der Waals surface area contributed by atoms with Crippen LogP contribution in [0.1, 0.15) is 34.6 Å². The van der Waals surface area contributed by atoms with E-state index in [1.807, 2.05) is 0 Å². The number of nitrogens with zero attached hydrogens (tertiary/aromatic N) is 2. The van der Waals surface area contributed by atoms with Crippen LogP contribution in [0.2, 0.25) is 0 Å². The molecule has 1 aliphatic rings. The lowest BCUT2D eigenvalue weighted by molar-refractivity contribution is -0.173. The predicted octanol–water partition coefficient (Wildman–Crippen LogP) is 4.82. The van der Waals surface area contributed by atoms with Gasteiger partial charge < -0.3 is 24.8 Å². The number of rotatable bonds is 6. The number of halogens is 3. The van der Waals surface area contributed by atoms with E-state index in [2.05, 4.69) is 15.7 Å². The van der Waals surface area contributed by atoms with Crippen molar-refractivity contribution >= 4 is 17.4 Å². The lowest BCUT2D eigenvalue weighted by Crippen LogP contribution is -2.35. The zero-order valence-corrected chi connectivity index (χ0v) is 18.6. The number of carbonyl (C=O) groups is 1. The number of alkyl halides is 3. The van der Waals surface area contributed by atoms with Gasteiger partial charge in [0.2, 0.25) is 5.75 Å². The van der Waals surface area contributed by atoms with Gasteiger partial charge >= 0.3 is 6.18 Å². The minimum Gasteiger partial charge on any atom is -0.493 e. The van der Waals surface area contributed by atoms with E-state index in [4.69, 9.17) is 14.2 Å². The fourth-order valence-electron chi connectivity index (χ4n) is 3.94. The summed E-state index contributed by atoms with van der Waals surface area (Å²) in [6.07, 6.45) is -4.80. The number of anilines is 2. The Morgan fingerprint density at radius 1 is 1.06 bits per heavy atom. The second kappa shape index (κ2) is 9.16. The predicted molar refractivity (Wildman–Crippen MR) is 119 cm³/mol. The number of hydrogen-bond acceptors (Lipinski definition) is 6. The largest absolute Gasteiger partial charge is 0.493 e. The van der Waals surface area contributed by atoms with Crippen LogP contribution in [0.4, 0.5) is 24.7 Å². The van der Waals surface area contributed by atoms with Crippen LogP contribution in [0, 0.1) is 0 Å². The summed E-state index contributed by atoms with van der Waals surface area (Å²) in [6, 6.07) is 10.7. The molecule has 0 aliphatic carbocycles. The van der Waals surface area contributed by atoms with Gasteiger partial charge in [0.25, 0.3) is 5.91 Å². The number of fused-ring (bicyclic) bond motifs is 1. The topological polar surface area (TPSA) is 86.6 Å². The SMILES string of the molecule is COc1cc(NC(=O)c2cc3n(n2)C(C(F)(F)F)CC(c2ccccc2)N3)cc(OC)c1OC. The van der Waals surface area contributed by atoms with Gasteiger partial charge in [-0.05, 0) is 5.56 Å². The van der Waals surface area contributed by atoms with Gasteiger partial charge in [-0.25, -0.2) is 4.68 Å². The number of carbonyl (C=O) groups excluding carboxylic acids is 1. The first-order valence-electron chi connectivity index (χ1n) is 10.3. The summed E-state index contributed by atoms with van der Waals surface area (Å²) < 4.78 is 58.2. The van der Waals surface area contributed by atoms with E-state index in [0.29, 0.717) is 28.5 Å². The highest BCUT2D eigenvalue weighted by molar-refractivity contribution is 6.03. The Morgan fingerprint density at radius 3 is 2.26 bits per heavy atom. The van der Waals surface area contributed by atoms with Gasteiger partial charge in [0, 0.05) is 30.3 Å². The Labute approximate surface area is 193 Å². The summed E-state index contributed by atoms with van der Waals surface area (Å²) in [5.74, 6) is 0.383. The Morgan fingerprint density at radius 2 is 1.71 bits per heavy atom. The van der Waals surface area contributed by atoms with E-state index in [1.165, 1.54) is 39.5 Å². The van der Waals surface area contributed by atoms with Crippen LogP contribution in [0.5, 0.6) is 17.2 Å². The first-order chi connectivity index (χ1) is 16.2. The molecule has 4 rings (SSSR count). The third kappa shape index (κ3) is 4.45. The summed E-state index contributed by atoms with van der Waals surface area (Å²) in [5.41, 5.74) is 0.847. The zero-order chi connectivity index (χ0) is 24.5. The molecule has 0 bridgehead atoms. The fourth-order valence-corrected chi connectivity index (χ4v) is 3.94. The zero-order valence-electron chi connectivity index (χ0n) is 18.6. The fraction of sp³-hybridized carbons (Fsp3) is 0.304. The normalized spacial score (nSPS) is 17.4. The van der Waals surface area contributed by atoms with Crippen molar-refractivity contribution in [3.8, 4) is 17.2 Å². The lowest BCUT2D eigenvalue weighted by atomic mass is 9.97. The van der Waals surface area contributed by atoms with Crippen molar-refractivity contribution in [2.75, 3.05) is 32.0 Å². The van der Waals surface area contributed by atoms with Gasteiger partial charge in [-0.2, -0.15) is 18.3 Å². The highest BCUT2D eigenvalue weighted by atomic mass is 19.4. The molecule has 180 valence electrons. The van der Waals surface area contributed by atoms with Gasteiger partial charge in [0.15, 0.2) is 23.2 Å². The van der Waals surface area contributed by atoms with Gasteiger partial charge in [0.05, 0.1) is 27.4 Å². The van der Waals surface area contributed by atoms with Gasteiger partial charge in [-0.1, -0.05) is 30.3 Å². The van der Waals surface area contributed by atoms with Crippen LogP contribution in [-0.4, -0.2) is 43.2 Å². The standard InChI is InChI=1S/C23H23F3N4O4/c1-32-17-9-14(10-18(33-2)21(17)34-3)27-22(31)16-12-20-28-15(13-7-5-4-6-8-13)11-19(23(24,25)26)30(20)29-16/h4-10,12,15,19,28H,11H2,1-3H3,(H,27,31).